The molecule has 1 aliphatic rings. The second-order valence-electron chi connectivity index (χ2n) is 7.40. The van der Waals surface area contributed by atoms with Crippen LogP contribution < -0.4 is 21.7 Å². The van der Waals surface area contributed by atoms with Gasteiger partial charge in [0.15, 0.2) is 5.82 Å². The minimum atomic E-state index is -0.704. The lowest BCUT2D eigenvalue weighted by atomic mass is 10.0. The fourth-order valence-electron chi connectivity index (χ4n) is 3.49. The summed E-state index contributed by atoms with van der Waals surface area (Å²) in [5.74, 6) is -1.27. The summed E-state index contributed by atoms with van der Waals surface area (Å²) >= 11 is 0. The number of rotatable bonds is 8. The van der Waals surface area contributed by atoms with E-state index in [1.165, 1.54) is 6.07 Å². The van der Waals surface area contributed by atoms with Gasteiger partial charge in [-0.15, -0.1) is 0 Å². The second kappa shape index (κ2) is 10.9. The Morgan fingerprint density at radius 2 is 2.00 bits per heavy atom. The number of ether oxygens (including phenoxy) is 1. The maximum atomic E-state index is 14.4. The standard InChI is InChI=1S/C23H29F2N5O/c1-16-11-21(27)23(25)20(22(16)24)6-5-17(13-28-15-26)14-29-18-3-2-4-19(12-18)30-7-9-31-10-8-30/h2-4,11-14,29H,5-10,15,26-27H2,1H3/b17-14-,28-13-. The minimum absolute atomic E-state index is 0.0149. The van der Waals surface area contributed by atoms with Gasteiger partial charge in [0.2, 0.25) is 0 Å². The molecule has 1 fully saturated rings. The molecule has 0 aliphatic carbocycles. The molecule has 1 aliphatic heterocycles. The van der Waals surface area contributed by atoms with E-state index in [0.717, 1.165) is 30.0 Å². The molecule has 3 rings (SSSR count). The predicted octanol–water partition coefficient (Wildman–Crippen LogP) is 3.61. The number of nitrogen functional groups attached to an aromatic ring is 1. The Morgan fingerprint density at radius 1 is 1.23 bits per heavy atom. The first-order valence-corrected chi connectivity index (χ1v) is 10.3. The number of anilines is 3. The van der Waals surface area contributed by atoms with Gasteiger partial charge in [-0.05, 0) is 55.2 Å². The Labute approximate surface area is 181 Å². The monoisotopic (exact) mass is 429 g/mol. The third-order valence-electron chi connectivity index (χ3n) is 5.17. The average Bonchev–Trinajstić information content (AvgIpc) is 2.79. The lowest BCUT2D eigenvalue weighted by Gasteiger charge is -2.29. The summed E-state index contributed by atoms with van der Waals surface area (Å²) < 4.78 is 34.2. The largest absolute Gasteiger partial charge is 0.396 e. The zero-order chi connectivity index (χ0) is 22.2. The zero-order valence-electron chi connectivity index (χ0n) is 17.7. The Balaban J connectivity index is 1.74. The van der Waals surface area contributed by atoms with Crippen LogP contribution in [0.2, 0.25) is 0 Å². The summed E-state index contributed by atoms with van der Waals surface area (Å²) in [5, 5.41) is 3.26. The molecule has 8 heteroatoms. The number of hydrogen-bond acceptors (Lipinski definition) is 6. The van der Waals surface area contributed by atoms with Crippen LogP contribution in [0, 0.1) is 18.6 Å². The molecule has 1 heterocycles. The molecule has 6 nitrogen and oxygen atoms in total. The summed E-state index contributed by atoms with van der Waals surface area (Å²) in [6.45, 7) is 4.84. The molecular formula is C23H29F2N5O. The molecule has 5 N–H and O–H groups in total. The number of nitrogens with one attached hydrogen (secondary N) is 1. The number of benzene rings is 2. The van der Waals surface area contributed by atoms with E-state index in [1.807, 2.05) is 12.1 Å². The lowest BCUT2D eigenvalue weighted by molar-refractivity contribution is 0.122. The highest BCUT2D eigenvalue weighted by atomic mass is 19.1. The first kappa shape index (κ1) is 22.7. The fraction of sp³-hybridized carbons (Fsp3) is 0.348. The SMILES string of the molecule is Cc1cc(N)c(F)c(CCC(/C=N\CN)=C/Nc2cccc(N3CCOCC3)c2)c1F. The van der Waals surface area contributed by atoms with Gasteiger partial charge in [-0.25, -0.2) is 8.78 Å². The first-order chi connectivity index (χ1) is 15.0. The van der Waals surface area contributed by atoms with E-state index in [1.54, 1.807) is 19.3 Å². The molecule has 0 bridgehead atoms. The number of morpholine rings is 1. The van der Waals surface area contributed by atoms with Crippen LogP contribution in [0.5, 0.6) is 0 Å². The Bertz CT molecular complexity index is 929. The van der Waals surface area contributed by atoms with Crippen LogP contribution in [0.1, 0.15) is 17.5 Å². The Hall–Kier alpha value is -2.97. The van der Waals surface area contributed by atoms with Crippen LogP contribution in [0.25, 0.3) is 0 Å². The molecule has 0 amide bonds. The smallest absolute Gasteiger partial charge is 0.152 e. The van der Waals surface area contributed by atoms with Crippen LogP contribution in [0.4, 0.5) is 25.8 Å². The van der Waals surface area contributed by atoms with Crippen molar-refractivity contribution in [3.8, 4) is 0 Å². The molecule has 0 radical (unpaired) electrons. The van der Waals surface area contributed by atoms with Gasteiger partial charge < -0.3 is 26.4 Å². The highest BCUT2D eigenvalue weighted by molar-refractivity contribution is 5.79. The lowest BCUT2D eigenvalue weighted by Crippen LogP contribution is -2.36. The van der Waals surface area contributed by atoms with Gasteiger partial charge >= 0.3 is 0 Å². The molecule has 166 valence electrons. The summed E-state index contributed by atoms with van der Waals surface area (Å²) in [4.78, 5) is 6.34. The van der Waals surface area contributed by atoms with E-state index in [2.05, 4.69) is 27.3 Å². The highest BCUT2D eigenvalue weighted by Crippen LogP contribution is 2.25. The van der Waals surface area contributed by atoms with Gasteiger partial charge in [-0.2, -0.15) is 0 Å². The number of halogens is 2. The highest BCUT2D eigenvalue weighted by Gasteiger charge is 2.15. The predicted molar refractivity (Wildman–Crippen MR) is 123 cm³/mol. The Morgan fingerprint density at radius 3 is 2.74 bits per heavy atom. The van der Waals surface area contributed by atoms with Crippen molar-refractivity contribution in [2.45, 2.75) is 19.8 Å². The molecule has 0 aromatic heterocycles. The minimum Gasteiger partial charge on any atom is -0.396 e. The van der Waals surface area contributed by atoms with Crippen molar-refractivity contribution in [3.63, 3.8) is 0 Å². The summed E-state index contributed by atoms with van der Waals surface area (Å²) in [6.07, 6.45) is 3.93. The van der Waals surface area contributed by atoms with E-state index in [-0.39, 0.29) is 24.3 Å². The normalized spacial score (nSPS) is 15.0. The second-order valence-corrected chi connectivity index (χ2v) is 7.40. The van der Waals surface area contributed by atoms with Crippen LogP contribution in [-0.2, 0) is 11.2 Å². The van der Waals surface area contributed by atoms with E-state index >= 15 is 0 Å². The number of hydrogen-bond donors (Lipinski definition) is 3. The molecule has 0 spiro atoms. The van der Waals surface area contributed by atoms with E-state index in [9.17, 15) is 8.78 Å². The first-order valence-electron chi connectivity index (χ1n) is 10.3. The van der Waals surface area contributed by atoms with Gasteiger partial charge in [0.25, 0.3) is 0 Å². The van der Waals surface area contributed by atoms with E-state index in [4.69, 9.17) is 16.2 Å². The number of nitrogens with zero attached hydrogens (tertiary/aromatic N) is 2. The average molecular weight is 430 g/mol. The van der Waals surface area contributed by atoms with Gasteiger partial charge in [0.05, 0.1) is 25.6 Å². The topological polar surface area (TPSA) is 88.9 Å². The van der Waals surface area contributed by atoms with Crippen molar-refractivity contribution in [1.29, 1.82) is 0 Å². The van der Waals surface area contributed by atoms with Crippen LogP contribution in [0.3, 0.4) is 0 Å². The van der Waals surface area contributed by atoms with Gasteiger partial charge in [-0.3, -0.25) is 4.99 Å². The molecule has 0 saturated carbocycles. The summed E-state index contributed by atoms with van der Waals surface area (Å²) in [5.41, 5.74) is 14.2. The van der Waals surface area contributed by atoms with Crippen molar-refractivity contribution in [2.24, 2.45) is 10.7 Å². The third-order valence-corrected chi connectivity index (χ3v) is 5.17. The molecule has 2 aromatic rings. The van der Waals surface area contributed by atoms with Crippen molar-refractivity contribution >= 4 is 23.3 Å². The molecule has 0 atom stereocenters. The number of allylic oxidation sites excluding steroid dienone is 1. The molecule has 31 heavy (non-hydrogen) atoms. The van der Waals surface area contributed by atoms with E-state index < -0.39 is 11.6 Å². The van der Waals surface area contributed by atoms with Crippen LogP contribution in [0.15, 0.2) is 47.1 Å². The third kappa shape index (κ3) is 6.02. The van der Waals surface area contributed by atoms with Gasteiger partial charge in [0, 0.05) is 42.4 Å². The van der Waals surface area contributed by atoms with Gasteiger partial charge in [0.1, 0.15) is 5.82 Å². The number of nitrogens with two attached hydrogens (primary N) is 2. The van der Waals surface area contributed by atoms with Crippen LogP contribution in [-0.4, -0.2) is 39.2 Å². The van der Waals surface area contributed by atoms with Crippen molar-refractivity contribution in [1.82, 2.24) is 0 Å². The molecule has 0 unspecified atom stereocenters. The number of aryl methyl sites for hydroxylation is 1. The summed E-state index contributed by atoms with van der Waals surface area (Å²) in [6, 6.07) is 9.36. The van der Waals surface area contributed by atoms with Crippen molar-refractivity contribution < 1.29 is 13.5 Å². The molecule has 2 aromatic carbocycles. The van der Waals surface area contributed by atoms with Crippen molar-refractivity contribution in [3.05, 3.63) is 64.9 Å². The number of aliphatic imine (C=N–C) groups is 1. The van der Waals surface area contributed by atoms with Crippen LogP contribution >= 0.6 is 0 Å². The fourth-order valence-corrected chi connectivity index (χ4v) is 3.49. The van der Waals surface area contributed by atoms with E-state index in [0.29, 0.717) is 25.2 Å². The maximum absolute atomic E-state index is 14.4. The van der Waals surface area contributed by atoms with Gasteiger partial charge in [-0.1, -0.05) is 6.07 Å². The summed E-state index contributed by atoms with van der Waals surface area (Å²) in [7, 11) is 0. The Kier molecular flexibility index (Phi) is 7.97. The molecule has 1 saturated heterocycles. The molecular weight excluding hydrogens is 400 g/mol. The zero-order valence-corrected chi connectivity index (χ0v) is 17.7. The quantitative estimate of drug-likeness (QED) is 0.441. The maximum Gasteiger partial charge on any atom is 0.152 e. The van der Waals surface area contributed by atoms with Crippen molar-refractivity contribution in [2.75, 3.05) is 48.9 Å².